The first-order valence-electron chi connectivity index (χ1n) is 4.86. The van der Waals surface area contributed by atoms with Gasteiger partial charge in [0.25, 0.3) is 0 Å². The summed E-state index contributed by atoms with van der Waals surface area (Å²) >= 11 is 5.78. The van der Waals surface area contributed by atoms with Crippen molar-refractivity contribution in [3.63, 3.8) is 0 Å². The van der Waals surface area contributed by atoms with Crippen LogP contribution in [0.2, 0.25) is 5.15 Å². The van der Waals surface area contributed by atoms with Gasteiger partial charge in [0.15, 0.2) is 0 Å². The zero-order valence-corrected chi connectivity index (χ0v) is 9.81. The van der Waals surface area contributed by atoms with E-state index in [1.54, 1.807) is 13.2 Å². The molecule has 1 heterocycles. The van der Waals surface area contributed by atoms with Crippen molar-refractivity contribution in [1.82, 2.24) is 9.97 Å². The third-order valence-electron chi connectivity index (χ3n) is 2.00. The summed E-state index contributed by atoms with van der Waals surface area (Å²) in [5, 5.41) is 8.97. The van der Waals surface area contributed by atoms with E-state index in [4.69, 9.17) is 21.6 Å². The SMILES string of the molecule is COCCN(CCC#N)c1cc(Cl)ncn1. The van der Waals surface area contributed by atoms with Crippen LogP contribution in [0.1, 0.15) is 6.42 Å². The molecule has 0 aromatic carbocycles. The van der Waals surface area contributed by atoms with E-state index in [0.29, 0.717) is 37.1 Å². The molecule has 0 N–H and O–H groups in total. The number of aromatic nitrogens is 2. The van der Waals surface area contributed by atoms with Crippen LogP contribution in [0.3, 0.4) is 0 Å². The molecule has 0 fully saturated rings. The lowest BCUT2D eigenvalue weighted by atomic mass is 10.4. The zero-order valence-electron chi connectivity index (χ0n) is 9.06. The maximum absolute atomic E-state index is 8.58. The van der Waals surface area contributed by atoms with Crippen molar-refractivity contribution in [2.45, 2.75) is 6.42 Å². The molecule has 5 nitrogen and oxygen atoms in total. The molecule has 1 aromatic rings. The molecule has 0 aliphatic carbocycles. The molecule has 0 saturated heterocycles. The molecule has 1 rings (SSSR count). The summed E-state index contributed by atoms with van der Waals surface area (Å²) in [6.07, 6.45) is 1.84. The summed E-state index contributed by atoms with van der Waals surface area (Å²) in [6, 6.07) is 3.78. The summed E-state index contributed by atoms with van der Waals surface area (Å²) in [5.41, 5.74) is 0. The molecular formula is C10H13ClN4O. The van der Waals surface area contributed by atoms with Crippen molar-refractivity contribution in [2.24, 2.45) is 0 Å². The number of hydrogen-bond acceptors (Lipinski definition) is 5. The van der Waals surface area contributed by atoms with Crippen molar-refractivity contribution >= 4 is 17.4 Å². The van der Waals surface area contributed by atoms with Gasteiger partial charge in [0.05, 0.1) is 19.1 Å². The van der Waals surface area contributed by atoms with E-state index in [9.17, 15) is 0 Å². The summed E-state index contributed by atoms with van der Waals surface area (Å²) in [7, 11) is 1.63. The molecule has 0 radical (unpaired) electrons. The van der Waals surface area contributed by atoms with Crippen LogP contribution < -0.4 is 4.90 Å². The van der Waals surface area contributed by atoms with Gasteiger partial charge in [0.1, 0.15) is 17.3 Å². The van der Waals surface area contributed by atoms with E-state index in [1.165, 1.54) is 6.33 Å². The second-order valence-electron chi connectivity index (χ2n) is 3.09. The molecule has 86 valence electrons. The molecule has 0 aliphatic rings. The normalized spacial score (nSPS) is 9.81. The van der Waals surface area contributed by atoms with Crippen LogP contribution in [0.4, 0.5) is 5.82 Å². The summed E-state index contributed by atoms with van der Waals surface area (Å²) in [4.78, 5) is 9.87. The number of halogens is 1. The quantitative estimate of drug-likeness (QED) is 0.705. The molecule has 0 saturated carbocycles. The number of methoxy groups -OCH3 is 1. The first kappa shape index (κ1) is 12.7. The Morgan fingerprint density at radius 3 is 2.94 bits per heavy atom. The lowest BCUT2D eigenvalue weighted by Gasteiger charge is -2.21. The Morgan fingerprint density at radius 1 is 1.50 bits per heavy atom. The Bertz CT molecular complexity index is 366. The summed E-state index contributed by atoms with van der Waals surface area (Å²) in [6.45, 7) is 1.85. The maximum Gasteiger partial charge on any atom is 0.134 e. The predicted octanol–water partition coefficient (Wildman–Crippen LogP) is 1.50. The van der Waals surface area contributed by atoms with Crippen LogP contribution in [0.25, 0.3) is 0 Å². The van der Waals surface area contributed by atoms with Crippen molar-refractivity contribution in [1.29, 1.82) is 5.26 Å². The lowest BCUT2D eigenvalue weighted by molar-refractivity contribution is 0.205. The highest BCUT2D eigenvalue weighted by atomic mass is 35.5. The highest BCUT2D eigenvalue weighted by Crippen LogP contribution is 2.14. The zero-order chi connectivity index (χ0) is 11.8. The summed E-state index contributed by atoms with van der Waals surface area (Å²) in [5.74, 6) is 0.715. The van der Waals surface area contributed by atoms with Crippen LogP contribution in [0.5, 0.6) is 0 Å². The van der Waals surface area contributed by atoms with Gasteiger partial charge in [0.2, 0.25) is 0 Å². The Labute approximate surface area is 99.6 Å². The fraction of sp³-hybridized carbons (Fsp3) is 0.500. The van der Waals surface area contributed by atoms with E-state index in [2.05, 4.69) is 16.0 Å². The Hall–Kier alpha value is -1.38. The average molecular weight is 241 g/mol. The van der Waals surface area contributed by atoms with Crippen molar-refractivity contribution in [3.05, 3.63) is 17.5 Å². The van der Waals surface area contributed by atoms with Gasteiger partial charge >= 0.3 is 0 Å². The van der Waals surface area contributed by atoms with Crippen molar-refractivity contribution in [2.75, 3.05) is 31.7 Å². The van der Waals surface area contributed by atoms with Crippen LogP contribution in [-0.2, 0) is 4.74 Å². The fourth-order valence-electron chi connectivity index (χ4n) is 1.22. The Morgan fingerprint density at radius 2 is 2.31 bits per heavy atom. The van der Waals surface area contributed by atoms with Gasteiger partial charge in [-0.05, 0) is 0 Å². The molecule has 0 spiro atoms. The van der Waals surface area contributed by atoms with Gasteiger partial charge in [-0.25, -0.2) is 9.97 Å². The van der Waals surface area contributed by atoms with E-state index >= 15 is 0 Å². The number of nitriles is 1. The number of hydrogen-bond donors (Lipinski definition) is 0. The molecule has 0 bridgehead atoms. The highest BCUT2D eigenvalue weighted by molar-refractivity contribution is 6.29. The highest BCUT2D eigenvalue weighted by Gasteiger charge is 2.07. The minimum atomic E-state index is 0.393. The summed E-state index contributed by atoms with van der Waals surface area (Å²) < 4.78 is 5.00. The first-order valence-corrected chi connectivity index (χ1v) is 5.24. The molecular weight excluding hydrogens is 228 g/mol. The lowest BCUT2D eigenvalue weighted by Crippen LogP contribution is -2.29. The Balaban J connectivity index is 2.70. The second kappa shape index (κ2) is 6.99. The molecule has 0 atom stereocenters. The molecule has 0 aliphatic heterocycles. The maximum atomic E-state index is 8.58. The molecule has 16 heavy (non-hydrogen) atoms. The number of anilines is 1. The third kappa shape index (κ3) is 4.01. The minimum absolute atomic E-state index is 0.393. The molecule has 0 amide bonds. The topological polar surface area (TPSA) is 62.0 Å². The molecule has 1 aromatic heterocycles. The molecule has 6 heteroatoms. The fourth-order valence-corrected chi connectivity index (χ4v) is 1.37. The monoisotopic (exact) mass is 240 g/mol. The van der Waals surface area contributed by atoms with Crippen molar-refractivity contribution < 1.29 is 4.74 Å². The number of nitrogens with zero attached hydrogens (tertiary/aromatic N) is 4. The predicted molar refractivity (Wildman–Crippen MR) is 61.4 cm³/mol. The minimum Gasteiger partial charge on any atom is -0.383 e. The standard InChI is InChI=1S/C10H13ClN4O/c1-16-6-5-15(4-2-3-12)10-7-9(11)13-8-14-10/h7-8H,2,4-6H2,1H3. The van der Waals surface area contributed by atoms with Crippen LogP contribution >= 0.6 is 11.6 Å². The van der Waals surface area contributed by atoms with Gasteiger partial charge in [-0.15, -0.1) is 0 Å². The van der Waals surface area contributed by atoms with Crippen LogP contribution in [0.15, 0.2) is 12.4 Å². The van der Waals surface area contributed by atoms with Gasteiger partial charge in [-0.2, -0.15) is 5.26 Å². The smallest absolute Gasteiger partial charge is 0.134 e. The van der Waals surface area contributed by atoms with Gasteiger partial charge < -0.3 is 9.64 Å². The van der Waals surface area contributed by atoms with Crippen LogP contribution in [0, 0.1) is 11.3 Å². The van der Waals surface area contributed by atoms with E-state index < -0.39 is 0 Å². The van der Waals surface area contributed by atoms with E-state index in [-0.39, 0.29) is 0 Å². The first-order chi connectivity index (χ1) is 7.77. The number of rotatable bonds is 6. The Kier molecular flexibility index (Phi) is 5.54. The molecule has 0 unspecified atom stereocenters. The van der Waals surface area contributed by atoms with Gasteiger partial charge in [-0.1, -0.05) is 11.6 Å². The van der Waals surface area contributed by atoms with E-state index in [1.807, 2.05) is 4.90 Å². The van der Waals surface area contributed by atoms with Crippen molar-refractivity contribution in [3.8, 4) is 6.07 Å². The van der Waals surface area contributed by atoms with Gasteiger partial charge in [0, 0.05) is 26.3 Å². The second-order valence-corrected chi connectivity index (χ2v) is 3.47. The third-order valence-corrected chi connectivity index (χ3v) is 2.21. The largest absolute Gasteiger partial charge is 0.383 e. The van der Waals surface area contributed by atoms with E-state index in [0.717, 1.165) is 0 Å². The van der Waals surface area contributed by atoms with Gasteiger partial charge in [-0.3, -0.25) is 0 Å². The number of ether oxygens (including phenoxy) is 1. The average Bonchev–Trinajstić information content (AvgIpc) is 2.29. The van der Waals surface area contributed by atoms with Crippen LogP contribution in [-0.4, -0.2) is 36.8 Å².